The average molecular weight is 350 g/mol. The topological polar surface area (TPSA) is 89.1 Å². The van der Waals surface area contributed by atoms with Crippen molar-refractivity contribution in [1.29, 1.82) is 0 Å². The predicted octanol–water partition coefficient (Wildman–Crippen LogP) is 3.03. The van der Waals surface area contributed by atoms with Gasteiger partial charge in [0.2, 0.25) is 11.7 Å². The molecule has 2 heterocycles. The zero-order valence-electron chi connectivity index (χ0n) is 10.9. The third-order valence-corrected chi connectivity index (χ3v) is 3.91. The number of allylic oxidation sites excluding steroid dienone is 2. The molecule has 1 N–H and O–H groups in total. The minimum absolute atomic E-state index is 0.283. The Kier molecular flexibility index (Phi) is 3.83. The maximum Gasteiger partial charge on any atom is 0.307 e. The lowest BCUT2D eigenvalue weighted by atomic mass is 9.83. The number of halogens is 1. The van der Waals surface area contributed by atoms with Gasteiger partial charge in [-0.15, -0.1) is 0 Å². The monoisotopic (exact) mass is 349 g/mol. The molecule has 1 aliphatic carbocycles. The van der Waals surface area contributed by atoms with Crippen LogP contribution in [0.2, 0.25) is 0 Å². The van der Waals surface area contributed by atoms with E-state index in [1.165, 1.54) is 0 Å². The molecule has 1 aliphatic rings. The van der Waals surface area contributed by atoms with Gasteiger partial charge in [-0.25, -0.2) is 0 Å². The Bertz CT molecular complexity index is 698. The third kappa shape index (κ3) is 2.87. The van der Waals surface area contributed by atoms with Crippen molar-refractivity contribution < 1.29 is 14.4 Å². The summed E-state index contributed by atoms with van der Waals surface area (Å²) < 4.78 is 6.09. The molecule has 2 atom stereocenters. The maximum atomic E-state index is 11.3. The molecular weight excluding hydrogens is 338 g/mol. The minimum atomic E-state index is -0.840. The number of nitrogens with zero attached hydrogens (tertiary/aromatic N) is 3. The molecule has 21 heavy (non-hydrogen) atoms. The van der Waals surface area contributed by atoms with Gasteiger partial charge in [-0.1, -0.05) is 17.3 Å². The minimum Gasteiger partial charge on any atom is -0.481 e. The summed E-state index contributed by atoms with van der Waals surface area (Å²) in [5, 5.41) is 13.2. The Balaban J connectivity index is 1.91. The van der Waals surface area contributed by atoms with Crippen molar-refractivity contribution in [2.75, 3.05) is 0 Å². The fourth-order valence-electron chi connectivity index (χ4n) is 2.40. The van der Waals surface area contributed by atoms with E-state index < -0.39 is 11.9 Å². The van der Waals surface area contributed by atoms with Gasteiger partial charge in [0.05, 0.1) is 11.8 Å². The zero-order valence-corrected chi connectivity index (χ0v) is 12.5. The molecule has 0 aromatic carbocycles. The molecule has 0 aliphatic heterocycles. The number of aliphatic carboxylic acids is 1. The van der Waals surface area contributed by atoms with Gasteiger partial charge in [0.1, 0.15) is 0 Å². The van der Waals surface area contributed by atoms with Crippen molar-refractivity contribution in [1.82, 2.24) is 15.1 Å². The first-order valence-corrected chi connectivity index (χ1v) is 7.27. The fraction of sp³-hybridized carbons (Fsp3) is 0.286. The standard InChI is InChI=1S/C14H12BrN3O3/c15-9-5-8(6-16-7-9)12-17-13(21-18-12)10-3-1-2-4-11(10)14(19)20/h1-2,5-7,10-11H,3-4H2,(H,19,20). The summed E-state index contributed by atoms with van der Waals surface area (Å²) in [5.41, 5.74) is 0.720. The number of aromatic nitrogens is 3. The summed E-state index contributed by atoms with van der Waals surface area (Å²) in [4.78, 5) is 19.7. The average Bonchev–Trinajstić information content (AvgIpc) is 2.97. The number of hydrogen-bond acceptors (Lipinski definition) is 5. The van der Waals surface area contributed by atoms with Gasteiger partial charge in [0.15, 0.2) is 0 Å². The molecule has 0 amide bonds. The number of rotatable bonds is 3. The summed E-state index contributed by atoms with van der Waals surface area (Å²) in [6.45, 7) is 0. The van der Waals surface area contributed by atoms with Crippen LogP contribution in [0.25, 0.3) is 11.4 Å². The smallest absolute Gasteiger partial charge is 0.307 e. The van der Waals surface area contributed by atoms with Gasteiger partial charge in [-0.2, -0.15) is 4.98 Å². The van der Waals surface area contributed by atoms with Crippen molar-refractivity contribution in [2.45, 2.75) is 18.8 Å². The fourth-order valence-corrected chi connectivity index (χ4v) is 2.76. The van der Waals surface area contributed by atoms with Crippen LogP contribution in [0.3, 0.4) is 0 Å². The van der Waals surface area contributed by atoms with Crippen molar-refractivity contribution in [3.05, 3.63) is 41.0 Å². The van der Waals surface area contributed by atoms with Crippen LogP contribution in [0.5, 0.6) is 0 Å². The summed E-state index contributed by atoms with van der Waals surface area (Å²) in [7, 11) is 0. The van der Waals surface area contributed by atoms with E-state index in [-0.39, 0.29) is 5.92 Å². The first-order valence-electron chi connectivity index (χ1n) is 6.47. The second-order valence-corrected chi connectivity index (χ2v) is 5.76. The van der Waals surface area contributed by atoms with Crippen molar-refractivity contribution in [3.8, 4) is 11.4 Å². The molecule has 2 aromatic rings. The van der Waals surface area contributed by atoms with Crippen LogP contribution in [0.1, 0.15) is 24.7 Å². The van der Waals surface area contributed by atoms with Gasteiger partial charge in [0, 0.05) is 22.4 Å². The number of carboxylic acid groups (broad SMARTS) is 1. The Hall–Kier alpha value is -2.02. The second kappa shape index (κ2) is 5.77. The van der Waals surface area contributed by atoms with Crippen LogP contribution >= 0.6 is 15.9 Å². The largest absolute Gasteiger partial charge is 0.481 e. The van der Waals surface area contributed by atoms with Gasteiger partial charge in [-0.05, 0) is 34.8 Å². The van der Waals surface area contributed by atoms with Crippen molar-refractivity contribution in [2.24, 2.45) is 5.92 Å². The molecule has 0 fully saturated rings. The SMILES string of the molecule is O=C(O)C1CC=CCC1c1nc(-c2cncc(Br)c2)no1. The highest BCUT2D eigenvalue weighted by atomic mass is 79.9. The van der Waals surface area contributed by atoms with E-state index in [4.69, 9.17) is 4.52 Å². The molecule has 0 bridgehead atoms. The van der Waals surface area contributed by atoms with E-state index in [1.807, 2.05) is 18.2 Å². The lowest BCUT2D eigenvalue weighted by Gasteiger charge is -2.21. The summed E-state index contributed by atoms with van der Waals surface area (Å²) in [6.07, 6.45) is 8.21. The van der Waals surface area contributed by atoms with E-state index in [0.717, 1.165) is 10.0 Å². The molecule has 2 aromatic heterocycles. The summed E-state index contributed by atoms with van der Waals surface area (Å²) in [5.74, 6) is -0.870. The molecule has 0 spiro atoms. The highest BCUT2D eigenvalue weighted by Crippen LogP contribution is 2.34. The van der Waals surface area contributed by atoms with E-state index in [1.54, 1.807) is 12.4 Å². The highest BCUT2D eigenvalue weighted by Gasteiger charge is 2.34. The van der Waals surface area contributed by atoms with E-state index >= 15 is 0 Å². The normalized spacial score (nSPS) is 21.4. The van der Waals surface area contributed by atoms with E-state index in [9.17, 15) is 9.90 Å². The van der Waals surface area contributed by atoms with Crippen LogP contribution in [-0.4, -0.2) is 26.2 Å². The Morgan fingerprint density at radius 1 is 1.33 bits per heavy atom. The van der Waals surface area contributed by atoms with Crippen molar-refractivity contribution >= 4 is 21.9 Å². The van der Waals surface area contributed by atoms with Gasteiger partial charge in [0.25, 0.3) is 0 Å². The summed E-state index contributed by atoms with van der Waals surface area (Å²) in [6, 6.07) is 1.83. The van der Waals surface area contributed by atoms with Crippen LogP contribution in [-0.2, 0) is 4.79 Å². The van der Waals surface area contributed by atoms with Crippen molar-refractivity contribution in [3.63, 3.8) is 0 Å². The maximum absolute atomic E-state index is 11.3. The number of pyridine rings is 1. The first-order chi connectivity index (χ1) is 10.1. The zero-order chi connectivity index (χ0) is 14.8. The quantitative estimate of drug-likeness (QED) is 0.856. The molecule has 0 saturated heterocycles. The second-order valence-electron chi connectivity index (χ2n) is 4.84. The lowest BCUT2D eigenvalue weighted by Crippen LogP contribution is -2.23. The van der Waals surface area contributed by atoms with Crippen LogP contribution < -0.4 is 0 Å². The number of hydrogen-bond donors (Lipinski definition) is 1. The molecule has 108 valence electrons. The third-order valence-electron chi connectivity index (χ3n) is 3.47. The van der Waals surface area contributed by atoms with Crippen LogP contribution in [0.4, 0.5) is 0 Å². The molecule has 0 radical (unpaired) electrons. The molecule has 7 heteroatoms. The molecule has 0 saturated carbocycles. The Morgan fingerprint density at radius 2 is 2.14 bits per heavy atom. The Labute approximate surface area is 129 Å². The van der Waals surface area contributed by atoms with Gasteiger partial charge >= 0.3 is 5.97 Å². The molecule has 3 rings (SSSR count). The number of carbonyl (C=O) groups is 1. The summed E-state index contributed by atoms with van der Waals surface area (Å²) >= 11 is 3.34. The molecule has 6 nitrogen and oxygen atoms in total. The predicted molar refractivity (Wildman–Crippen MR) is 77.5 cm³/mol. The first kappa shape index (κ1) is 13.9. The number of carboxylic acids is 1. The van der Waals surface area contributed by atoms with Crippen LogP contribution in [0, 0.1) is 5.92 Å². The molecular formula is C14H12BrN3O3. The lowest BCUT2D eigenvalue weighted by molar-refractivity contribution is -0.142. The van der Waals surface area contributed by atoms with Crippen LogP contribution in [0.15, 0.2) is 39.6 Å². The molecule has 2 unspecified atom stereocenters. The Morgan fingerprint density at radius 3 is 2.90 bits per heavy atom. The van der Waals surface area contributed by atoms with Gasteiger partial charge < -0.3 is 9.63 Å². The van der Waals surface area contributed by atoms with E-state index in [2.05, 4.69) is 31.1 Å². The van der Waals surface area contributed by atoms with Gasteiger partial charge in [-0.3, -0.25) is 9.78 Å². The van der Waals surface area contributed by atoms with E-state index in [0.29, 0.717) is 24.6 Å². The highest BCUT2D eigenvalue weighted by molar-refractivity contribution is 9.10.